The normalized spacial score (nSPS) is 11.9. The molecule has 0 heterocycles. The van der Waals surface area contributed by atoms with Crippen LogP contribution in [0.2, 0.25) is 0 Å². The number of aliphatic hydroxyl groups is 1. The lowest BCUT2D eigenvalue weighted by atomic mass is 10.0. The topological polar surface area (TPSA) is 64.6 Å². The molecule has 0 saturated heterocycles. The van der Waals surface area contributed by atoms with Crippen LogP contribution in [0.4, 0.5) is 16.2 Å². The van der Waals surface area contributed by atoms with Crippen LogP contribution in [-0.4, -0.2) is 38.4 Å². The van der Waals surface area contributed by atoms with Gasteiger partial charge in [-0.2, -0.15) is 0 Å². The van der Waals surface area contributed by atoms with Gasteiger partial charge in [-0.25, -0.2) is 4.79 Å². The fourth-order valence-corrected chi connectivity index (χ4v) is 2.41. The number of benzene rings is 1. The average molecular weight is 307 g/mol. The van der Waals surface area contributed by atoms with Crippen molar-refractivity contribution in [1.82, 2.24) is 5.32 Å². The van der Waals surface area contributed by atoms with Crippen molar-refractivity contribution in [3.05, 3.63) is 23.8 Å². The van der Waals surface area contributed by atoms with Crippen molar-refractivity contribution in [3.8, 4) is 0 Å². The van der Waals surface area contributed by atoms with Gasteiger partial charge in [0.15, 0.2) is 0 Å². The van der Waals surface area contributed by atoms with E-state index in [-0.39, 0.29) is 12.6 Å². The number of carbonyl (C=O) groups excluding carboxylic acids is 1. The standard InChI is InChI=1S/C17H29N3O2/c1-5-6-14(9-10-21)12-18-17(22)19-16-8-7-15(20(3)4)11-13(16)2/h7-8,11,14,21H,5-6,9-10,12H2,1-4H3,(H2,18,19,22). The summed E-state index contributed by atoms with van der Waals surface area (Å²) in [4.78, 5) is 14.0. The molecule has 1 unspecified atom stereocenters. The van der Waals surface area contributed by atoms with Crippen LogP contribution in [0.3, 0.4) is 0 Å². The second-order valence-corrected chi connectivity index (χ2v) is 5.90. The Morgan fingerprint density at radius 2 is 2.05 bits per heavy atom. The van der Waals surface area contributed by atoms with Crippen molar-refractivity contribution in [2.75, 3.05) is 37.5 Å². The van der Waals surface area contributed by atoms with Crippen LogP contribution in [0.5, 0.6) is 0 Å². The third-order valence-corrected chi connectivity index (χ3v) is 3.76. The molecular weight excluding hydrogens is 278 g/mol. The van der Waals surface area contributed by atoms with Gasteiger partial charge in [-0.3, -0.25) is 0 Å². The van der Waals surface area contributed by atoms with E-state index >= 15 is 0 Å². The summed E-state index contributed by atoms with van der Waals surface area (Å²) in [6.45, 7) is 4.85. The van der Waals surface area contributed by atoms with Crippen molar-refractivity contribution >= 4 is 17.4 Å². The van der Waals surface area contributed by atoms with Gasteiger partial charge >= 0.3 is 6.03 Å². The summed E-state index contributed by atoms with van der Waals surface area (Å²) < 4.78 is 0. The van der Waals surface area contributed by atoms with Gasteiger partial charge in [0, 0.05) is 38.6 Å². The lowest BCUT2D eigenvalue weighted by Gasteiger charge is -2.18. The van der Waals surface area contributed by atoms with Gasteiger partial charge in [-0.1, -0.05) is 13.3 Å². The Hall–Kier alpha value is -1.75. The van der Waals surface area contributed by atoms with E-state index in [1.165, 1.54) is 0 Å². The third kappa shape index (κ3) is 5.93. The number of hydrogen-bond acceptors (Lipinski definition) is 3. The molecule has 0 radical (unpaired) electrons. The smallest absolute Gasteiger partial charge is 0.319 e. The molecule has 0 fully saturated rings. The fraction of sp³-hybridized carbons (Fsp3) is 0.588. The fourth-order valence-electron chi connectivity index (χ4n) is 2.41. The van der Waals surface area contributed by atoms with Gasteiger partial charge in [0.1, 0.15) is 0 Å². The summed E-state index contributed by atoms with van der Waals surface area (Å²) in [7, 11) is 3.98. The number of nitrogens with one attached hydrogen (secondary N) is 2. The predicted molar refractivity (Wildman–Crippen MR) is 92.6 cm³/mol. The maximum atomic E-state index is 12.0. The second-order valence-electron chi connectivity index (χ2n) is 5.90. The summed E-state index contributed by atoms with van der Waals surface area (Å²) in [6.07, 6.45) is 2.79. The number of rotatable bonds is 8. The quantitative estimate of drug-likeness (QED) is 0.692. The average Bonchev–Trinajstić information content (AvgIpc) is 2.47. The molecule has 5 nitrogen and oxygen atoms in total. The number of anilines is 2. The van der Waals surface area contributed by atoms with E-state index in [4.69, 9.17) is 5.11 Å². The number of aliphatic hydroxyl groups excluding tert-OH is 1. The highest BCUT2D eigenvalue weighted by Crippen LogP contribution is 2.21. The maximum Gasteiger partial charge on any atom is 0.319 e. The molecule has 0 spiro atoms. The lowest BCUT2D eigenvalue weighted by Crippen LogP contribution is -2.33. The number of nitrogens with zero attached hydrogens (tertiary/aromatic N) is 1. The molecule has 1 aromatic carbocycles. The predicted octanol–water partition coefficient (Wildman–Crippen LogP) is 2.98. The van der Waals surface area contributed by atoms with E-state index in [2.05, 4.69) is 17.6 Å². The molecule has 2 amide bonds. The van der Waals surface area contributed by atoms with Crippen LogP contribution >= 0.6 is 0 Å². The van der Waals surface area contributed by atoms with Crippen LogP contribution in [0.25, 0.3) is 0 Å². The van der Waals surface area contributed by atoms with Crippen molar-refractivity contribution < 1.29 is 9.90 Å². The first-order valence-corrected chi connectivity index (χ1v) is 7.91. The minimum atomic E-state index is -0.195. The van der Waals surface area contributed by atoms with Gasteiger partial charge in [0.2, 0.25) is 0 Å². The van der Waals surface area contributed by atoms with Crippen LogP contribution in [0.1, 0.15) is 31.7 Å². The number of carbonyl (C=O) groups is 1. The molecule has 1 rings (SSSR count). The maximum absolute atomic E-state index is 12.0. The Kier molecular flexibility index (Phi) is 7.74. The lowest BCUT2D eigenvalue weighted by molar-refractivity contribution is 0.236. The van der Waals surface area contributed by atoms with E-state index < -0.39 is 0 Å². The Bertz CT molecular complexity index is 469. The first kappa shape index (κ1) is 18.3. The van der Waals surface area contributed by atoms with Gasteiger partial charge in [0.25, 0.3) is 0 Å². The molecule has 1 aromatic rings. The number of amides is 2. The molecular formula is C17H29N3O2. The zero-order valence-electron chi connectivity index (χ0n) is 14.1. The van der Waals surface area contributed by atoms with E-state index in [0.29, 0.717) is 12.5 Å². The van der Waals surface area contributed by atoms with Gasteiger partial charge in [0.05, 0.1) is 0 Å². The molecule has 0 saturated carbocycles. The van der Waals surface area contributed by atoms with Gasteiger partial charge in [-0.05, 0) is 49.4 Å². The molecule has 1 atom stereocenters. The summed E-state index contributed by atoms with van der Waals surface area (Å²) in [5, 5.41) is 14.8. The molecule has 0 aliphatic heterocycles. The van der Waals surface area contributed by atoms with Crippen molar-refractivity contribution in [2.24, 2.45) is 5.92 Å². The van der Waals surface area contributed by atoms with Crippen LogP contribution in [0.15, 0.2) is 18.2 Å². The summed E-state index contributed by atoms with van der Waals surface area (Å²) in [6, 6.07) is 5.75. The number of urea groups is 1. The zero-order chi connectivity index (χ0) is 16.5. The monoisotopic (exact) mass is 307 g/mol. The highest BCUT2D eigenvalue weighted by Gasteiger charge is 2.10. The highest BCUT2D eigenvalue weighted by molar-refractivity contribution is 5.90. The Morgan fingerprint density at radius 3 is 2.59 bits per heavy atom. The number of aryl methyl sites for hydroxylation is 1. The van der Waals surface area contributed by atoms with Gasteiger partial charge in [-0.15, -0.1) is 0 Å². The van der Waals surface area contributed by atoms with Crippen molar-refractivity contribution in [2.45, 2.75) is 33.1 Å². The molecule has 0 aliphatic carbocycles. The molecule has 124 valence electrons. The summed E-state index contributed by atoms with van der Waals surface area (Å²) >= 11 is 0. The molecule has 0 bridgehead atoms. The van der Waals surface area contributed by atoms with Crippen LogP contribution < -0.4 is 15.5 Å². The van der Waals surface area contributed by atoms with E-state index in [9.17, 15) is 4.79 Å². The van der Waals surface area contributed by atoms with Gasteiger partial charge < -0.3 is 20.6 Å². The van der Waals surface area contributed by atoms with E-state index in [1.807, 2.05) is 44.1 Å². The summed E-state index contributed by atoms with van der Waals surface area (Å²) in [5.41, 5.74) is 2.95. The first-order chi connectivity index (χ1) is 10.5. The van der Waals surface area contributed by atoms with Crippen molar-refractivity contribution in [1.29, 1.82) is 0 Å². The molecule has 0 aromatic heterocycles. The number of hydrogen-bond donors (Lipinski definition) is 3. The SMILES string of the molecule is CCCC(CCO)CNC(=O)Nc1ccc(N(C)C)cc1C. The Labute approximate surface area is 133 Å². The third-order valence-electron chi connectivity index (χ3n) is 3.76. The van der Waals surface area contributed by atoms with E-state index in [0.717, 1.165) is 36.2 Å². The zero-order valence-corrected chi connectivity index (χ0v) is 14.1. The Balaban J connectivity index is 2.54. The second kappa shape index (κ2) is 9.30. The first-order valence-electron chi connectivity index (χ1n) is 7.91. The van der Waals surface area contributed by atoms with Crippen LogP contribution in [-0.2, 0) is 0 Å². The molecule has 0 aliphatic rings. The molecule has 22 heavy (non-hydrogen) atoms. The Morgan fingerprint density at radius 1 is 1.32 bits per heavy atom. The summed E-state index contributed by atoms with van der Waals surface area (Å²) in [5.74, 6) is 0.331. The largest absolute Gasteiger partial charge is 0.396 e. The molecule has 3 N–H and O–H groups in total. The van der Waals surface area contributed by atoms with Crippen LogP contribution in [0, 0.1) is 12.8 Å². The molecule has 5 heteroatoms. The van der Waals surface area contributed by atoms with Crippen molar-refractivity contribution in [3.63, 3.8) is 0 Å². The highest BCUT2D eigenvalue weighted by atomic mass is 16.3. The minimum absolute atomic E-state index is 0.166. The minimum Gasteiger partial charge on any atom is -0.396 e. The van der Waals surface area contributed by atoms with E-state index in [1.54, 1.807) is 0 Å².